The van der Waals surface area contributed by atoms with Gasteiger partial charge in [0.05, 0.1) is 0 Å². The molecule has 0 aliphatic carbocycles. The first kappa shape index (κ1) is 13.2. The molecule has 2 rings (SSSR count). The van der Waals surface area contributed by atoms with Crippen LogP contribution in [0, 0.1) is 6.07 Å². The van der Waals surface area contributed by atoms with Crippen LogP contribution < -0.4 is 0 Å². The van der Waals surface area contributed by atoms with Crippen LogP contribution in [-0.4, -0.2) is 0 Å². The van der Waals surface area contributed by atoms with Crippen LogP contribution in [0.4, 0.5) is 0 Å². The molecule has 0 amide bonds. The average Bonchev–Trinajstić information content (AvgIpc) is 2.30. The van der Waals surface area contributed by atoms with Crippen LogP contribution in [0.1, 0.15) is 25.3 Å². The van der Waals surface area contributed by atoms with Gasteiger partial charge >= 0.3 is 0 Å². The zero-order valence-corrected chi connectivity index (χ0v) is 12.3. The van der Waals surface area contributed by atoms with E-state index in [1.165, 1.54) is 16.7 Å². The summed E-state index contributed by atoms with van der Waals surface area (Å²) in [6, 6.07) is 19.9. The Morgan fingerprint density at radius 1 is 0.938 bits per heavy atom. The van der Waals surface area contributed by atoms with E-state index in [0.29, 0.717) is 5.92 Å². The van der Waals surface area contributed by atoms with E-state index in [0.717, 1.165) is 0 Å². The summed E-state index contributed by atoms with van der Waals surface area (Å²) in [6.07, 6.45) is 0. The van der Waals surface area contributed by atoms with Crippen molar-refractivity contribution in [2.75, 3.05) is 0 Å². The molecule has 83 valence electrons. The van der Waals surface area contributed by atoms with Crippen LogP contribution in [0.25, 0.3) is 11.1 Å². The molecule has 0 aliphatic rings. The quantitative estimate of drug-likeness (QED) is 0.682. The number of benzene rings is 2. The Balaban J connectivity index is 0.00000128. The van der Waals surface area contributed by atoms with E-state index in [9.17, 15) is 0 Å². The van der Waals surface area contributed by atoms with Gasteiger partial charge in [-0.15, -0.1) is 5.56 Å². The molecule has 0 unspecified atom stereocenters. The fourth-order valence-electron chi connectivity index (χ4n) is 1.66. The van der Waals surface area contributed by atoms with Gasteiger partial charge in [-0.3, -0.25) is 0 Å². The molecule has 2 aromatic rings. The van der Waals surface area contributed by atoms with E-state index in [4.69, 9.17) is 0 Å². The SMILES string of the molecule is CC(C)c1cccc(-c2cc[c-]cc2)c1.[Re]. The second kappa shape index (κ2) is 5.99. The summed E-state index contributed by atoms with van der Waals surface area (Å²) < 4.78 is 0. The van der Waals surface area contributed by atoms with Crippen LogP contribution in [-0.2, 0) is 20.4 Å². The molecular weight excluding hydrogens is 366 g/mol. The Kier molecular flexibility index (Phi) is 4.93. The maximum Gasteiger partial charge on any atom is 0 e. The molecule has 0 nitrogen and oxygen atoms in total. The Hall–Kier alpha value is -0.898. The molecule has 2 aromatic carbocycles. The predicted molar refractivity (Wildman–Crippen MR) is 64.8 cm³/mol. The minimum absolute atomic E-state index is 0. The third kappa shape index (κ3) is 3.05. The summed E-state index contributed by atoms with van der Waals surface area (Å²) in [4.78, 5) is 0. The smallest absolute Gasteiger partial charge is 0 e. The first-order valence-corrected chi connectivity index (χ1v) is 5.34. The van der Waals surface area contributed by atoms with Crippen LogP contribution in [0.5, 0.6) is 0 Å². The molecule has 0 atom stereocenters. The molecule has 1 heteroatoms. The number of hydrogen-bond donors (Lipinski definition) is 0. The van der Waals surface area contributed by atoms with E-state index in [1.807, 2.05) is 12.1 Å². The van der Waals surface area contributed by atoms with Gasteiger partial charge in [0, 0.05) is 20.4 Å². The summed E-state index contributed by atoms with van der Waals surface area (Å²) >= 11 is 0. The average molecular weight is 381 g/mol. The van der Waals surface area contributed by atoms with E-state index in [2.05, 4.69) is 56.3 Å². The third-order valence-corrected chi connectivity index (χ3v) is 2.60. The van der Waals surface area contributed by atoms with Crippen molar-refractivity contribution in [3.63, 3.8) is 0 Å². The summed E-state index contributed by atoms with van der Waals surface area (Å²) in [6.45, 7) is 4.44. The Morgan fingerprint density at radius 2 is 1.62 bits per heavy atom. The van der Waals surface area contributed by atoms with Crippen molar-refractivity contribution in [2.24, 2.45) is 0 Å². The zero-order valence-electron chi connectivity index (χ0n) is 9.57. The molecule has 0 aliphatic heterocycles. The van der Waals surface area contributed by atoms with Crippen LogP contribution in [0.2, 0.25) is 0 Å². The molecule has 0 spiro atoms. The normalized spacial score (nSPS) is 9.94. The predicted octanol–water partition coefficient (Wildman–Crippen LogP) is 4.27. The number of rotatable bonds is 2. The van der Waals surface area contributed by atoms with Crippen molar-refractivity contribution < 1.29 is 20.4 Å². The van der Waals surface area contributed by atoms with Gasteiger partial charge in [-0.25, -0.2) is 0 Å². The Bertz CT molecular complexity index is 432. The minimum atomic E-state index is 0. The first-order chi connectivity index (χ1) is 7.27. The second-order valence-corrected chi connectivity index (χ2v) is 4.07. The van der Waals surface area contributed by atoms with Crippen molar-refractivity contribution in [1.29, 1.82) is 0 Å². The van der Waals surface area contributed by atoms with Crippen molar-refractivity contribution in [1.82, 2.24) is 0 Å². The summed E-state index contributed by atoms with van der Waals surface area (Å²) in [5, 5.41) is 0. The standard InChI is InChI=1S/C15H15.Re/c1-12(2)14-9-6-10-15(11-14)13-7-4-3-5-8-13;/h4-12H,1-2H3;/q-1;. The van der Waals surface area contributed by atoms with E-state index < -0.39 is 0 Å². The minimum Gasteiger partial charge on any atom is -0.184 e. The van der Waals surface area contributed by atoms with Crippen molar-refractivity contribution in [2.45, 2.75) is 19.8 Å². The van der Waals surface area contributed by atoms with Crippen LogP contribution >= 0.6 is 0 Å². The molecule has 0 fully saturated rings. The fourth-order valence-corrected chi connectivity index (χ4v) is 1.66. The summed E-state index contributed by atoms with van der Waals surface area (Å²) in [5.74, 6) is 0.584. The monoisotopic (exact) mass is 382 g/mol. The van der Waals surface area contributed by atoms with Gasteiger partial charge in [0.25, 0.3) is 0 Å². The van der Waals surface area contributed by atoms with Gasteiger partial charge in [0.1, 0.15) is 0 Å². The van der Waals surface area contributed by atoms with Gasteiger partial charge in [-0.2, -0.15) is 30.3 Å². The molecule has 0 saturated heterocycles. The van der Waals surface area contributed by atoms with E-state index >= 15 is 0 Å². The maximum absolute atomic E-state index is 3.04. The second-order valence-electron chi connectivity index (χ2n) is 4.07. The zero-order chi connectivity index (χ0) is 10.7. The molecule has 0 heterocycles. The van der Waals surface area contributed by atoms with Crippen LogP contribution in [0.3, 0.4) is 0 Å². The van der Waals surface area contributed by atoms with Gasteiger partial charge in [-0.05, 0) is 17.0 Å². The molecule has 0 N–H and O–H groups in total. The maximum atomic E-state index is 3.04. The third-order valence-electron chi connectivity index (χ3n) is 2.60. The van der Waals surface area contributed by atoms with Crippen molar-refractivity contribution >= 4 is 0 Å². The van der Waals surface area contributed by atoms with E-state index in [-0.39, 0.29) is 20.4 Å². The van der Waals surface area contributed by atoms with E-state index in [1.54, 1.807) is 0 Å². The van der Waals surface area contributed by atoms with Gasteiger partial charge < -0.3 is 0 Å². The van der Waals surface area contributed by atoms with Crippen LogP contribution in [0.15, 0.2) is 48.5 Å². The Labute approximate surface area is 111 Å². The van der Waals surface area contributed by atoms with Crippen molar-refractivity contribution in [3.8, 4) is 11.1 Å². The van der Waals surface area contributed by atoms with Gasteiger partial charge in [0.2, 0.25) is 0 Å². The fraction of sp³-hybridized carbons (Fsp3) is 0.200. The molecule has 1 radical (unpaired) electrons. The first-order valence-electron chi connectivity index (χ1n) is 5.34. The largest absolute Gasteiger partial charge is 0.184 e. The number of hydrogen-bond acceptors (Lipinski definition) is 0. The van der Waals surface area contributed by atoms with Crippen molar-refractivity contribution in [3.05, 3.63) is 60.2 Å². The molecule has 0 bridgehead atoms. The molecule has 0 saturated carbocycles. The molecule has 16 heavy (non-hydrogen) atoms. The topological polar surface area (TPSA) is 0 Å². The summed E-state index contributed by atoms with van der Waals surface area (Å²) in [7, 11) is 0. The van der Waals surface area contributed by atoms with Gasteiger partial charge in [-0.1, -0.05) is 38.1 Å². The Morgan fingerprint density at radius 3 is 2.25 bits per heavy atom. The summed E-state index contributed by atoms with van der Waals surface area (Å²) in [5.41, 5.74) is 3.94. The molecule has 0 aromatic heterocycles. The van der Waals surface area contributed by atoms with Gasteiger partial charge in [0.15, 0.2) is 0 Å². The molecular formula is C15H15Re-.